The van der Waals surface area contributed by atoms with Crippen LogP contribution in [0.1, 0.15) is 52.9 Å². The molecule has 0 amide bonds. The molecule has 0 spiro atoms. The minimum absolute atomic E-state index is 0.800. The Labute approximate surface area is 114 Å². The standard InChI is InChI=1S/C14H27BrS/c1-4-16-9-5-6-13-10-12(11(2)3)7-8-14(13)15/h11-14H,4-10H2,1-3H3. The van der Waals surface area contributed by atoms with Gasteiger partial charge in [0.1, 0.15) is 0 Å². The molecule has 16 heavy (non-hydrogen) atoms. The third-order valence-electron chi connectivity index (χ3n) is 3.94. The van der Waals surface area contributed by atoms with E-state index >= 15 is 0 Å². The van der Waals surface area contributed by atoms with Gasteiger partial charge in [0, 0.05) is 4.83 Å². The molecule has 0 saturated heterocycles. The molecule has 0 aromatic carbocycles. The first-order valence-electron chi connectivity index (χ1n) is 6.87. The minimum atomic E-state index is 0.800. The average molecular weight is 307 g/mol. The molecular weight excluding hydrogens is 280 g/mol. The molecule has 0 aromatic rings. The Morgan fingerprint density at radius 2 is 2.06 bits per heavy atom. The van der Waals surface area contributed by atoms with E-state index in [4.69, 9.17) is 0 Å². The van der Waals surface area contributed by atoms with Crippen molar-refractivity contribution in [3.63, 3.8) is 0 Å². The number of halogens is 1. The highest BCUT2D eigenvalue weighted by Gasteiger charge is 2.29. The van der Waals surface area contributed by atoms with Crippen molar-refractivity contribution in [3.05, 3.63) is 0 Å². The summed E-state index contributed by atoms with van der Waals surface area (Å²) in [5, 5.41) is 0. The van der Waals surface area contributed by atoms with E-state index in [1.807, 2.05) is 0 Å². The highest BCUT2D eigenvalue weighted by molar-refractivity contribution is 9.09. The van der Waals surface area contributed by atoms with E-state index in [0.717, 1.165) is 22.6 Å². The van der Waals surface area contributed by atoms with Crippen LogP contribution >= 0.6 is 27.7 Å². The lowest BCUT2D eigenvalue weighted by atomic mass is 9.75. The Morgan fingerprint density at radius 3 is 2.69 bits per heavy atom. The van der Waals surface area contributed by atoms with Crippen LogP contribution < -0.4 is 0 Å². The van der Waals surface area contributed by atoms with Crippen molar-refractivity contribution in [1.29, 1.82) is 0 Å². The van der Waals surface area contributed by atoms with Gasteiger partial charge in [-0.15, -0.1) is 0 Å². The van der Waals surface area contributed by atoms with Crippen LogP contribution in [-0.2, 0) is 0 Å². The van der Waals surface area contributed by atoms with Gasteiger partial charge in [0.2, 0.25) is 0 Å². The summed E-state index contributed by atoms with van der Waals surface area (Å²) in [6.45, 7) is 7.04. The Balaban J connectivity index is 2.26. The summed E-state index contributed by atoms with van der Waals surface area (Å²) in [6, 6.07) is 0. The molecule has 0 heterocycles. The van der Waals surface area contributed by atoms with E-state index < -0.39 is 0 Å². The van der Waals surface area contributed by atoms with E-state index in [2.05, 4.69) is 48.5 Å². The largest absolute Gasteiger partial charge is 0.162 e. The average Bonchev–Trinajstić information content (AvgIpc) is 2.26. The van der Waals surface area contributed by atoms with E-state index in [-0.39, 0.29) is 0 Å². The maximum atomic E-state index is 3.89. The molecule has 1 aliphatic carbocycles. The zero-order valence-electron chi connectivity index (χ0n) is 11.0. The van der Waals surface area contributed by atoms with Crippen molar-refractivity contribution < 1.29 is 0 Å². The summed E-state index contributed by atoms with van der Waals surface area (Å²) in [6.07, 6.45) is 7.15. The van der Waals surface area contributed by atoms with Crippen molar-refractivity contribution in [1.82, 2.24) is 0 Å². The zero-order valence-corrected chi connectivity index (χ0v) is 13.4. The summed E-state index contributed by atoms with van der Waals surface area (Å²) in [7, 11) is 0. The Hall–Kier alpha value is 0.830. The topological polar surface area (TPSA) is 0 Å². The van der Waals surface area contributed by atoms with Crippen LogP contribution in [0.4, 0.5) is 0 Å². The quantitative estimate of drug-likeness (QED) is 0.470. The van der Waals surface area contributed by atoms with Crippen LogP contribution in [0.5, 0.6) is 0 Å². The fourth-order valence-corrected chi connectivity index (χ4v) is 4.16. The first kappa shape index (κ1) is 14.9. The van der Waals surface area contributed by atoms with Crippen LogP contribution in [0, 0.1) is 17.8 Å². The molecular formula is C14H27BrS. The van der Waals surface area contributed by atoms with E-state index in [9.17, 15) is 0 Å². The molecule has 1 aliphatic rings. The summed E-state index contributed by atoms with van der Waals surface area (Å²) in [4.78, 5) is 0.800. The second-order valence-electron chi connectivity index (χ2n) is 5.43. The molecule has 3 unspecified atom stereocenters. The Kier molecular flexibility index (Phi) is 7.47. The summed E-state index contributed by atoms with van der Waals surface area (Å²) in [5.74, 6) is 5.44. The molecule has 1 rings (SSSR count). The Bertz CT molecular complexity index is 182. The van der Waals surface area contributed by atoms with Gasteiger partial charge in [-0.2, -0.15) is 11.8 Å². The molecule has 0 aromatic heterocycles. The lowest BCUT2D eigenvalue weighted by Crippen LogP contribution is -2.27. The van der Waals surface area contributed by atoms with Gasteiger partial charge in [-0.1, -0.05) is 36.7 Å². The van der Waals surface area contributed by atoms with Crippen molar-refractivity contribution >= 4 is 27.7 Å². The van der Waals surface area contributed by atoms with Crippen molar-refractivity contribution in [3.8, 4) is 0 Å². The van der Waals surface area contributed by atoms with Gasteiger partial charge in [0.25, 0.3) is 0 Å². The molecule has 1 saturated carbocycles. The first-order chi connectivity index (χ1) is 7.65. The van der Waals surface area contributed by atoms with Crippen molar-refractivity contribution in [2.24, 2.45) is 17.8 Å². The first-order valence-corrected chi connectivity index (χ1v) is 8.94. The highest BCUT2D eigenvalue weighted by atomic mass is 79.9. The monoisotopic (exact) mass is 306 g/mol. The molecule has 1 fully saturated rings. The molecule has 0 aliphatic heterocycles. The van der Waals surface area contributed by atoms with Gasteiger partial charge in [-0.05, 0) is 61.4 Å². The number of hydrogen-bond donors (Lipinski definition) is 0. The lowest BCUT2D eigenvalue weighted by molar-refractivity contribution is 0.215. The predicted octanol–water partition coefficient (Wildman–Crippen LogP) is 5.36. The van der Waals surface area contributed by atoms with Crippen LogP contribution in [0.15, 0.2) is 0 Å². The minimum Gasteiger partial charge on any atom is -0.162 e. The normalized spacial score (nSPS) is 30.9. The smallest absolute Gasteiger partial charge is 0.0174 e. The van der Waals surface area contributed by atoms with Crippen molar-refractivity contribution in [2.45, 2.75) is 57.7 Å². The maximum Gasteiger partial charge on any atom is 0.0174 e. The second kappa shape index (κ2) is 8.02. The summed E-state index contributed by atoms with van der Waals surface area (Å²) >= 11 is 5.98. The van der Waals surface area contributed by atoms with E-state index in [1.165, 1.54) is 43.6 Å². The highest BCUT2D eigenvalue weighted by Crippen LogP contribution is 2.39. The fraction of sp³-hybridized carbons (Fsp3) is 1.00. The predicted molar refractivity (Wildman–Crippen MR) is 80.6 cm³/mol. The summed E-state index contributed by atoms with van der Waals surface area (Å²) < 4.78 is 0. The third kappa shape index (κ3) is 5.00. The maximum absolute atomic E-state index is 3.89. The van der Waals surface area contributed by atoms with Gasteiger partial charge in [-0.3, -0.25) is 0 Å². The van der Waals surface area contributed by atoms with Gasteiger partial charge >= 0.3 is 0 Å². The fourth-order valence-electron chi connectivity index (χ4n) is 2.76. The van der Waals surface area contributed by atoms with Gasteiger partial charge in [0.05, 0.1) is 0 Å². The molecule has 0 nitrogen and oxygen atoms in total. The number of rotatable bonds is 6. The molecule has 96 valence electrons. The van der Waals surface area contributed by atoms with Gasteiger partial charge < -0.3 is 0 Å². The molecule has 0 bridgehead atoms. The SMILES string of the molecule is CCSCCCC1CC(C(C)C)CCC1Br. The number of alkyl halides is 1. The van der Waals surface area contributed by atoms with Crippen LogP contribution in [0.3, 0.4) is 0 Å². The number of thioether (sulfide) groups is 1. The second-order valence-corrected chi connectivity index (χ2v) is 8.00. The number of hydrogen-bond acceptors (Lipinski definition) is 1. The van der Waals surface area contributed by atoms with E-state index in [0.29, 0.717) is 0 Å². The molecule has 2 heteroatoms. The van der Waals surface area contributed by atoms with Crippen LogP contribution in [0.25, 0.3) is 0 Å². The molecule has 3 atom stereocenters. The molecule has 0 radical (unpaired) electrons. The third-order valence-corrected chi connectivity index (χ3v) is 6.13. The van der Waals surface area contributed by atoms with Crippen LogP contribution in [-0.4, -0.2) is 16.3 Å². The van der Waals surface area contributed by atoms with Gasteiger partial charge in [0.15, 0.2) is 0 Å². The zero-order chi connectivity index (χ0) is 12.0. The van der Waals surface area contributed by atoms with Gasteiger partial charge in [-0.25, -0.2) is 0 Å². The molecule has 0 N–H and O–H groups in total. The lowest BCUT2D eigenvalue weighted by Gasteiger charge is -2.35. The van der Waals surface area contributed by atoms with Crippen molar-refractivity contribution in [2.75, 3.05) is 11.5 Å². The Morgan fingerprint density at radius 1 is 1.31 bits per heavy atom. The summed E-state index contributed by atoms with van der Waals surface area (Å²) in [5.41, 5.74) is 0. The van der Waals surface area contributed by atoms with Crippen LogP contribution in [0.2, 0.25) is 0 Å². The van der Waals surface area contributed by atoms with E-state index in [1.54, 1.807) is 0 Å².